The van der Waals surface area contributed by atoms with Crippen molar-refractivity contribution >= 4 is 5.91 Å². The van der Waals surface area contributed by atoms with Gasteiger partial charge in [-0.15, -0.1) is 0 Å². The van der Waals surface area contributed by atoms with Gasteiger partial charge in [-0.25, -0.2) is 4.68 Å². The zero-order valence-corrected chi connectivity index (χ0v) is 15.9. The zero-order chi connectivity index (χ0) is 19.5. The maximum Gasteiger partial charge on any atom is 0.253 e. The number of piperidine rings is 1. The molecule has 2 heterocycles. The molecule has 1 saturated heterocycles. The van der Waals surface area contributed by atoms with Gasteiger partial charge < -0.3 is 4.90 Å². The average Bonchev–Trinajstić information content (AvgIpc) is 3.24. The number of amides is 1. The van der Waals surface area contributed by atoms with Crippen molar-refractivity contribution in [2.24, 2.45) is 0 Å². The van der Waals surface area contributed by atoms with Gasteiger partial charge in [0.2, 0.25) is 0 Å². The topological polar surface area (TPSA) is 61.9 Å². The van der Waals surface area contributed by atoms with E-state index in [1.165, 1.54) is 11.1 Å². The van der Waals surface area contributed by atoms with Crippen molar-refractivity contribution in [1.29, 1.82) is 5.26 Å². The zero-order valence-electron chi connectivity index (χ0n) is 15.9. The van der Waals surface area contributed by atoms with Crippen LogP contribution in [-0.2, 0) is 0 Å². The van der Waals surface area contributed by atoms with Crippen molar-refractivity contribution in [3.63, 3.8) is 0 Å². The Morgan fingerprint density at radius 1 is 1.14 bits per heavy atom. The Balaban J connectivity index is 1.41. The summed E-state index contributed by atoms with van der Waals surface area (Å²) >= 11 is 0. The largest absolute Gasteiger partial charge is 0.339 e. The van der Waals surface area contributed by atoms with E-state index in [1.54, 1.807) is 24.3 Å². The summed E-state index contributed by atoms with van der Waals surface area (Å²) in [6, 6.07) is 17.3. The smallest absolute Gasteiger partial charge is 0.253 e. The lowest BCUT2D eigenvalue weighted by Gasteiger charge is -2.31. The van der Waals surface area contributed by atoms with Crippen molar-refractivity contribution in [3.8, 4) is 11.8 Å². The minimum Gasteiger partial charge on any atom is -0.339 e. The molecule has 0 radical (unpaired) electrons. The Morgan fingerprint density at radius 2 is 1.89 bits per heavy atom. The highest BCUT2D eigenvalue weighted by molar-refractivity contribution is 5.94. The van der Waals surface area contributed by atoms with Crippen LogP contribution in [0.1, 0.15) is 45.8 Å². The minimum absolute atomic E-state index is 0.00546. The van der Waals surface area contributed by atoms with Gasteiger partial charge >= 0.3 is 0 Å². The lowest BCUT2D eigenvalue weighted by molar-refractivity contribution is 0.0713. The molecule has 28 heavy (non-hydrogen) atoms. The molecule has 140 valence electrons. The third kappa shape index (κ3) is 3.67. The van der Waals surface area contributed by atoms with E-state index in [9.17, 15) is 4.79 Å². The number of carbonyl (C=O) groups is 1. The van der Waals surface area contributed by atoms with Crippen molar-refractivity contribution in [1.82, 2.24) is 14.7 Å². The number of hydrogen-bond acceptors (Lipinski definition) is 3. The number of nitrogens with zero attached hydrogens (tertiary/aromatic N) is 4. The maximum atomic E-state index is 12.7. The highest BCUT2D eigenvalue weighted by Crippen LogP contribution is 2.29. The molecule has 1 fully saturated rings. The molecule has 5 heteroatoms. The third-order valence-electron chi connectivity index (χ3n) is 5.39. The van der Waals surface area contributed by atoms with E-state index in [1.807, 2.05) is 15.8 Å². The summed E-state index contributed by atoms with van der Waals surface area (Å²) in [7, 11) is 0. The summed E-state index contributed by atoms with van der Waals surface area (Å²) in [5, 5.41) is 13.5. The number of likely N-dealkylation sites (tertiary alicyclic amines) is 1. The standard InChI is InChI=1S/C23H22N4O/c1-17-5-7-22(8-6-17)27-16-21(15-25-27)19-9-11-26(12-10-19)23(28)20-4-2-3-18(13-20)14-24/h2-8,13,15-16,19H,9-12H2,1H3. The first-order chi connectivity index (χ1) is 13.6. The first-order valence-electron chi connectivity index (χ1n) is 9.55. The molecular weight excluding hydrogens is 348 g/mol. The van der Waals surface area contributed by atoms with Crippen LogP contribution < -0.4 is 0 Å². The van der Waals surface area contributed by atoms with E-state index in [2.05, 4.69) is 48.6 Å². The second kappa shape index (κ2) is 7.69. The van der Waals surface area contributed by atoms with Crippen LogP contribution in [-0.4, -0.2) is 33.7 Å². The first-order valence-corrected chi connectivity index (χ1v) is 9.55. The molecule has 1 aromatic heterocycles. The van der Waals surface area contributed by atoms with Gasteiger partial charge in [0.15, 0.2) is 0 Å². The Bertz CT molecular complexity index is 1020. The normalized spacial score (nSPS) is 14.6. The van der Waals surface area contributed by atoms with Gasteiger partial charge in [0.25, 0.3) is 5.91 Å². The summed E-state index contributed by atoms with van der Waals surface area (Å²) in [4.78, 5) is 14.6. The van der Waals surface area contributed by atoms with Gasteiger partial charge in [0, 0.05) is 24.8 Å². The van der Waals surface area contributed by atoms with Crippen LogP contribution in [0.15, 0.2) is 60.9 Å². The summed E-state index contributed by atoms with van der Waals surface area (Å²) in [6.07, 6.45) is 5.88. The van der Waals surface area contributed by atoms with Crippen LogP contribution in [0.25, 0.3) is 5.69 Å². The Morgan fingerprint density at radius 3 is 2.61 bits per heavy atom. The van der Waals surface area contributed by atoms with Crippen LogP contribution in [0.5, 0.6) is 0 Å². The Hall–Kier alpha value is -3.39. The van der Waals surface area contributed by atoms with Crippen LogP contribution in [0.3, 0.4) is 0 Å². The molecular formula is C23H22N4O. The molecule has 0 unspecified atom stereocenters. The summed E-state index contributed by atoms with van der Waals surface area (Å²) < 4.78 is 1.92. The maximum absolute atomic E-state index is 12.7. The van der Waals surface area contributed by atoms with Crippen molar-refractivity contribution in [2.75, 3.05) is 13.1 Å². The molecule has 1 amide bonds. The number of hydrogen-bond donors (Lipinski definition) is 0. The minimum atomic E-state index is 0.00546. The highest BCUT2D eigenvalue weighted by atomic mass is 16.2. The molecule has 0 aliphatic carbocycles. The predicted octanol–water partition coefficient (Wildman–Crippen LogP) is 4.07. The molecule has 5 nitrogen and oxygen atoms in total. The van der Waals surface area contributed by atoms with Crippen LogP contribution in [0.4, 0.5) is 0 Å². The van der Waals surface area contributed by atoms with Crippen LogP contribution in [0.2, 0.25) is 0 Å². The highest BCUT2D eigenvalue weighted by Gasteiger charge is 2.25. The number of carbonyl (C=O) groups excluding carboxylic acids is 1. The average molecular weight is 370 g/mol. The molecule has 1 aliphatic rings. The van der Waals surface area contributed by atoms with E-state index in [-0.39, 0.29) is 5.91 Å². The van der Waals surface area contributed by atoms with Crippen LogP contribution in [0, 0.1) is 18.3 Å². The molecule has 0 N–H and O–H groups in total. The second-order valence-corrected chi connectivity index (χ2v) is 7.31. The SMILES string of the molecule is Cc1ccc(-n2cc(C3CCN(C(=O)c4cccc(C#N)c4)CC3)cn2)cc1. The van der Waals surface area contributed by atoms with E-state index in [0.717, 1.165) is 31.6 Å². The summed E-state index contributed by atoms with van der Waals surface area (Å²) in [5.41, 5.74) is 4.61. The Labute approximate surface area is 164 Å². The van der Waals surface area contributed by atoms with Gasteiger partial charge in [0.1, 0.15) is 0 Å². The number of nitriles is 1. The van der Waals surface area contributed by atoms with Crippen molar-refractivity contribution in [3.05, 3.63) is 83.2 Å². The molecule has 0 bridgehead atoms. The van der Waals surface area contributed by atoms with Gasteiger partial charge in [-0.1, -0.05) is 23.8 Å². The van der Waals surface area contributed by atoms with Gasteiger partial charge in [-0.2, -0.15) is 10.4 Å². The van der Waals surface area contributed by atoms with Crippen molar-refractivity contribution in [2.45, 2.75) is 25.7 Å². The van der Waals surface area contributed by atoms with Crippen LogP contribution >= 0.6 is 0 Å². The van der Waals surface area contributed by atoms with Gasteiger partial charge in [0.05, 0.1) is 23.5 Å². The van der Waals surface area contributed by atoms with E-state index >= 15 is 0 Å². The molecule has 2 aromatic carbocycles. The fourth-order valence-corrected chi connectivity index (χ4v) is 3.71. The molecule has 3 aromatic rings. The summed E-state index contributed by atoms with van der Waals surface area (Å²) in [5.74, 6) is 0.416. The lowest BCUT2D eigenvalue weighted by atomic mass is 9.91. The van der Waals surface area contributed by atoms with E-state index < -0.39 is 0 Å². The molecule has 4 rings (SSSR count). The Kier molecular flexibility index (Phi) is 4.94. The molecule has 0 atom stereocenters. The quantitative estimate of drug-likeness (QED) is 0.698. The van der Waals surface area contributed by atoms with Gasteiger partial charge in [-0.05, 0) is 61.6 Å². The molecule has 0 saturated carbocycles. The first kappa shape index (κ1) is 18.0. The molecule has 1 aliphatic heterocycles. The van der Waals surface area contributed by atoms with Gasteiger partial charge in [-0.3, -0.25) is 4.79 Å². The lowest BCUT2D eigenvalue weighted by Crippen LogP contribution is -2.37. The number of aryl methyl sites for hydroxylation is 1. The van der Waals surface area contributed by atoms with E-state index in [4.69, 9.17) is 5.26 Å². The second-order valence-electron chi connectivity index (χ2n) is 7.31. The fraction of sp³-hybridized carbons (Fsp3) is 0.261. The number of benzene rings is 2. The predicted molar refractivity (Wildman–Crippen MR) is 107 cm³/mol. The summed E-state index contributed by atoms with van der Waals surface area (Å²) in [6.45, 7) is 3.51. The number of aromatic nitrogens is 2. The monoisotopic (exact) mass is 370 g/mol. The molecule has 0 spiro atoms. The third-order valence-corrected chi connectivity index (χ3v) is 5.39. The fourth-order valence-electron chi connectivity index (χ4n) is 3.71. The number of rotatable bonds is 3. The van der Waals surface area contributed by atoms with Crippen molar-refractivity contribution < 1.29 is 4.79 Å². The van der Waals surface area contributed by atoms with E-state index in [0.29, 0.717) is 17.0 Å².